The molecule has 0 unspecified atom stereocenters. The molecule has 3 aromatic heterocycles. The number of hydrogen-bond acceptors (Lipinski definition) is 5. The number of rotatable bonds is 4. The van der Waals surface area contributed by atoms with Gasteiger partial charge in [-0.2, -0.15) is 0 Å². The average Bonchev–Trinajstić information content (AvgIpc) is 2.70. The summed E-state index contributed by atoms with van der Waals surface area (Å²) in [5.41, 5.74) is 1.20. The van der Waals surface area contributed by atoms with Crippen molar-refractivity contribution in [3.8, 4) is 0 Å². The molecular weight excluding hydrogens is 488 g/mol. The number of aromatic nitrogens is 4. The highest BCUT2D eigenvalue weighted by atomic mass is 79.9. The second kappa shape index (κ2) is 7.73. The molecule has 0 fully saturated rings. The molecule has 8 heteroatoms. The van der Waals surface area contributed by atoms with Crippen LogP contribution >= 0.6 is 31.9 Å². The van der Waals surface area contributed by atoms with E-state index in [9.17, 15) is 9.59 Å². The molecule has 0 saturated carbocycles. The van der Waals surface area contributed by atoms with E-state index in [0.29, 0.717) is 16.4 Å². The third-order valence-corrected chi connectivity index (χ3v) is 5.01. The summed E-state index contributed by atoms with van der Waals surface area (Å²) < 4.78 is 3.22. The predicted octanol–water partition coefficient (Wildman–Crippen LogP) is 3.99. The summed E-state index contributed by atoms with van der Waals surface area (Å²) in [5.74, 6) is -0.540. The third-order valence-electron chi connectivity index (χ3n) is 4.16. The number of pyridine rings is 2. The summed E-state index contributed by atoms with van der Waals surface area (Å²) in [6, 6.07) is 12.8. The van der Waals surface area contributed by atoms with Crippen LogP contribution in [0.15, 0.2) is 74.9 Å². The van der Waals surface area contributed by atoms with Gasteiger partial charge in [-0.3, -0.25) is 9.59 Å². The first-order valence-electron chi connectivity index (χ1n) is 8.29. The van der Waals surface area contributed by atoms with E-state index in [4.69, 9.17) is 0 Å². The maximum Gasteiger partial charge on any atom is 0.235 e. The van der Waals surface area contributed by atoms with Gasteiger partial charge in [-0.25, -0.2) is 15.0 Å². The average molecular weight is 500 g/mol. The molecule has 0 aliphatic carbocycles. The van der Waals surface area contributed by atoms with Crippen molar-refractivity contribution in [2.45, 2.75) is 6.54 Å². The van der Waals surface area contributed by atoms with Crippen molar-refractivity contribution in [1.29, 1.82) is 0 Å². The zero-order valence-electron chi connectivity index (χ0n) is 14.3. The van der Waals surface area contributed by atoms with Crippen LogP contribution in [-0.2, 0) is 6.54 Å². The molecule has 0 amide bonds. The Hall–Kier alpha value is -2.71. The molecule has 0 spiro atoms. The monoisotopic (exact) mass is 498 g/mol. The Morgan fingerprint density at radius 1 is 1.00 bits per heavy atom. The standard InChI is InChI=1S/C20H12Br2N4O2/c21-12-8-23-20(24-9-12)19(28)15-11-26(10-13-4-3-7-17(22)25-13)16-6-2-1-5-14(16)18(15)27/h1-9,11H,10H2. The van der Waals surface area contributed by atoms with Crippen molar-refractivity contribution in [2.24, 2.45) is 0 Å². The van der Waals surface area contributed by atoms with Crippen LogP contribution in [0.2, 0.25) is 0 Å². The van der Waals surface area contributed by atoms with Crippen LogP contribution in [0.3, 0.4) is 0 Å². The van der Waals surface area contributed by atoms with Gasteiger partial charge in [0.15, 0.2) is 0 Å². The van der Waals surface area contributed by atoms with Crippen LogP contribution in [0, 0.1) is 0 Å². The number of hydrogen-bond donors (Lipinski definition) is 0. The molecular formula is C20H12Br2N4O2. The Morgan fingerprint density at radius 3 is 2.50 bits per heavy atom. The van der Waals surface area contributed by atoms with Crippen LogP contribution in [0.25, 0.3) is 10.9 Å². The summed E-state index contributed by atoms with van der Waals surface area (Å²) in [4.78, 5) is 38.3. The van der Waals surface area contributed by atoms with Crippen molar-refractivity contribution in [2.75, 3.05) is 0 Å². The smallest absolute Gasteiger partial charge is 0.235 e. The fourth-order valence-corrected chi connectivity index (χ4v) is 3.49. The Morgan fingerprint density at radius 2 is 1.75 bits per heavy atom. The van der Waals surface area contributed by atoms with Crippen LogP contribution in [0.4, 0.5) is 0 Å². The molecule has 0 N–H and O–H groups in total. The number of benzene rings is 1. The van der Waals surface area contributed by atoms with Crippen molar-refractivity contribution < 1.29 is 4.79 Å². The third kappa shape index (κ3) is 3.65. The van der Waals surface area contributed by atoms with Gasteiger partial charge in [-0.1, -0.05) is 18.2 Å². The van der Waals surface area contributed by atoms with Gasteiger partial charge in [0, 0.05) is 24.0 Å². The lowest BCUT2D eigenvalue weighted by Gasteiger charge is -2.13. The fourth-order valence-electron chi connectivity index (χ4n) is 2.90. The molecule has 0 bridgehead atoms. The number of carbonyl (C=O) groups is 1. The molecule has 0 saturated heterocycles. The van der Waals surface area contributed by atoms with Gasteiger partial charge in [0.1, 0.15) is 4.60 Å². The van der Waals surface area contributed by atoms with Crippen LogP contribution < -0.4 is 5.43 Å². The van der Waals surface area contributed by atoms with Gasteiger partial charge in [0.25, 0.3) is 0 Å². The molecule has 4 aromatic rings. The van der Waals surface area contributed by atoms with E-state index in [2.05, 4.69) is 46.8 Å². The second-order valence-electron chi connectivity index (χ2n) is 6.02. The van der Waals surface area contributed by atoms with Gasteiger partial charge in [0.2, 0.25) is 17.0 Å². The molecule has 138 valence electrons. The van der Waals surface area contributed by atoms with E-state index in [1.165, 1.54) is 12.4 Å². The number of carbonyl (C=O) groups excluding carboxylic acids is 1. The van der Waals surface area contributed by atoms with Gasteiger partial charge in [-0.05, 0) is 56.1 Å². The molecule has 0 atom stereocenters. The molecule has 1 aromatic carbocycles. The van der Waals surface area contributed by atoms with Crippen LogP contribution in [0.1, 0.15) is 21.9 Å². The summed E-state index contributed by atoms with van der Waals surface area (Å²) in [6.07, 6.45) is 4.51. The maximum absolute atomic E-state index is 12.9. The van der Waals surface area contributed by atoms with Gasteiger partial charge >= 0.3 is 0 Å². The number of nitrogens with zero attached hydrogens (tertiary/aromatic N) is 4. The SMILES string of the molecule is O=C(c1ncc(Br)cn1)c1cn(Cc2cccc(Br)n2)c2ccccc2c1=O. The lowest BCUT2D eigenvalue weighted by molar-refractivity contribution is 0.102. The first-order valence-corrected chi connectivity index (χ1v) is 9.87. The minimum absolute atomic E-state index is 0.0241. The molecule has 0 radical (unpaired) electrons. The lowest BCUT2D eigenvalue weighted by Crippen LogP contribution is -2.21. The molecule has 6 nitrogen and oxygen atoms in total. The van der Waals surface area contributed by atoms with Crippen molar-refractivity contribution >= 4 is 48.5 Å². The van der Waals surface area contributed by atoms with Crippen molar-refractivity contribution in [1.82, 2.24) is 19.5 Å². The quantitative estimate of drug-likeness (QED) is 0.313. The minimum atomic E-state index is -0.515. The normalized spacial score (nSPS) is 10.9. The van der Waals surface area contributed by atoms with E-state index in [1.807, 2.05) is 34.9 Å². The van der Waals surface area contributed by atoms with Crippen molar-refractivity contribution in [3.05, 3.63) is 97.4 Å². The summed E-state index contributed by atoms with van der Waals surface area (Å²) in [7, 11) is 0. The first kappa shape index (κ1) is 18.6. The Kier molecular flexibility index (Phi) is 5.15. The molecule has 0 aliphatic rings. The topological polar surface area (TPSA) is 77.7 Å². The van der Waals surface area contributed by atoms with E-state index in [-0.39, 0.29) is 16.8 Å². The van der Waals surface area contributed by atoms with Crippen LogP contribution in [0.5, 0.6) is 0 Å². The molecule has 0 aliphatic heterocycles. The lowest BCUT2D eigenvalue weighted by atomic mass is 10.1. The van der Waals surface area contributed by atoms with Gasteiger partial charge in [-0.15, -0.1) is 0 Å². The highest BCUT2D eigenvalue weighted by Gasteiger charge is 2.19. The Bertz CT molecular complexity index is 1250. The van der Waals surface area contributed by atoms with E-state index < -0.39 is 5.78 Å². The number of halogens is 2. The predicted molar refractivity (Wildman–Crippen MR) is 112 cm³/mol. The van der Waals surface area contributed by atoms with Crippen LogP contribution in [-0.4, -0.2) is 25.3 Å². The molecule has 4 rings (SSSR count). The van der Waals surface area contributed by atoms with Crippen molar-refractivity contribution in [3.63, 3.8) is 0 Å². The fraction of sp³-hybridized carbons (Fsp3) is 0.0500. The summed E-state index contributed by atoms with van der Waals surface area (Å²) in [6.45, 7) is 0.404. The highest BCUT2D eigenvalue weighted by molar-refractivity contribution is 9.10. The van der Waals surface area contributed by atoms with E-state index in [1.54, 1.807) is 18.3 Å². The zero-order chi connectivity index (χ0) is 19.7. The number of fused-ring (bicyclic) bond motifs is 1. The van der Waals surface area contributed by atoms with E-state index >= 15 is 0 Å². The minimum Gasteiger partial charge on any atom is -0.340 e. The highest BCUT2D eigenvalue weighted by Crippen LogP contribution is 2.16. The van der Waals surface area contributed by atoms with Gasteiger partial charge < -0.3 is 4.57 Å². The zero-order valence-corrected chi connectivity index (χ0v) is 17.5. The molecule has 28 heavy (non-hydrogen) atoms. The van der Waals surface area contributed by atoms with E-state index in [0.717, 1.165) is 15.8 Å². The maximum atomic E-state index is 12.9. The summed E-state index contributed by atoms with van der Waals surface area (Å²) >= 11 is 6.61. The molecule has 3 heterocycles. The number of para-hydroxylation sites is 1. The summed E-state index contributed by atoms with van der Waals surface area (Å²) in [5, 5.41) is 0.459. The largest absolute Gasteiger partial charge is 0.340 e. The Balaban J connectivity index is 1.87. The first-order chi connectivity index (χ1) is 13.5. The Labute approximate surface area is 176 Å². The number of ketones is 1. The van der Waals surface area contributed by atoms with Gasteiger partial charge in [0.05, 0.1) is 27.8 Å². The second-order valence-corrected chi connectivity index (χ2v) is 7.75.